The number of nitrogens with one attached hydrogen (secondary N) is 3. The van der Waals surface area contributed by atoms with Gasteiger partial charge in [0.1, 0.15) is 6.61 Å². The lowest BCUT2D eigenvalue weighted by Gasteiger charge is -2.10. The van der Waals surface area contributed by atoms with E-state index in [4.69, 9.17) is 4.74 Å². The van der Waals surface area contributed by atoms with Crippen LogP contribution in [0.25, 0.3) is 0 Å². The summed E-state index contributed by atoms with van der Waals surface area (Å²) in [5.74, 6) is -0.537. The summed E-state index contributed by atoms with van der Waals surface area (Å²) in [7, 11) is 3.79. The van der Waals surface area contributed by atoms with E-state index in [1.165, 1.54) is 0 Å². The third-order valence-corrected chi connectivity index (χ3v) is 2.49. The lowest BCUT2D eigenvalue weighted by molar-refractivity contribution is -0.138. The van der Waals surface area contributed by atoms with Crippen LogP contribution in [0.5, 0.6) is 0 Å². The molecular weight excluding hydrogens is 288 g/mol. The molecule has 126 valence electrons. The molecular formula is C14H26N4O4. The van der Waals surface area contributed by atoms with Gasteiger partial charge < -0.3 is 25.6 Å². The fourth-order valence-corrected chi connectivity index (χ4v) is 1.29. The summed E-state index contributed by atoms with van der Waals surface area (Å²) >= 11 is 0. The first-order valence-corrected chi connectivity index (χ1v) is 7.08. The third-order valence-electron chi connectivity index (χ3n) is 2.49. The predicted octanol–water partition coefficient (Wildman–Crippen LogP) is -0.527. The zero-order valence-electron chi connectivity index (χ0n) is 13.5. The van der Waals surface area contributed by atoms with Gasteiger partial charge in [-0.3, -0.25) is 4.79 Å². The number of hydrogen-bond acceptors (Lipinski definition) is 5. The Morgan fingerprint density at radius 1 is 1.05 bits per heavy atom. The van der Waals surface area contributed by atoms with Gasteiger partial charge in [-0.2, -0.15) is 0 Å². The fraction of sp³-hybridized carbons (Fsp3) is 0.643. The van der Waals surface area contributed by atoms with Gasteiger partial charge in [-0.25, -0.2) is 9.59 Å². The van der Waals surface area contributed by atoms with Crippen molar-refractivity contribution in [2.75, 3.05) is 46.9 Å². The fourth-order valence-electron chi connectivity index (χ4n) is 1.29. The number of esters is 1. The monoisotopic (exact) mass is 314 g/mol. The van der Waals surface area contributed by atoms with Crippen molar-refractivity contribution in [1.29, 1.82) is 0 Å². The van der Waals surface area contributed by atoms with Crippen molar-refractivity contribution in [2.24, 2.45) is 0 Å². The number of hydrogen-bond donors (Lipinski definition) is 3. The molecule has 0 aromatic carbocycles. The molecule has 0 aliphatic rings. The van der Waals surface area contributed by atoms with E-state index in [0.29, 0.717) is 31.6 Å². The molecule has 0 radical (unpaired) electrons. The number of amides is 3. The maximum atomic E-state index is 11.4. The molecule has 0 aromatic rings. The van der Waals surface area contributed by atoms with Crippen molar-refractivity contribution in [3.63, 3.8) is 0 Å². The van der Waals surface area contributed by atoms with Crippen molar-refractivity contribution in [1.82, 2.24) is 20.9 Å². The second kappa shape index (κ2) is 11.6. The highest BCUT2D eigenvalue weighted by atomic mass is 16.5. The number of ether oxygens (including phenoxy) is 1. The topological polar surface area (TPSA) is 99.8 Å². The minimum Gasteiger partial charge on any atom is -0.460 e. The standard InChI is InChI=1S/C14H26N4O4/c1-11(2)13(20)22-10-8-17-14(21)16-7-6-15-12(19)5-9-18(3)4/h1,5-10H2,2-4H3,(H,15,19)(H2,16,17,21). The molecule has 0 atom stereocenters. The van der Waals surface area contributed by atoms with Crippen LogP contribution in [0.2, 0.25) is 0 Å². The number of carbonyl (C=O) groups excluding carboxylic acids is 3. The smallest absolute Gasteiger partial charge is 0.333 e. The average molecular weight is 314 g/mol. The Kier molecular flexibility index (Phi) is 10.5. The summed E-state index contributed by atoms with van der Waals surface area (Å²) < 4.78 is 4.82. The van der Waals surface area contributed by atoms with Gasteiger partial charge in [0.05, 0.1) is 6.54 Å². The van der Waals surface area contributed by atoms with Gasteiger partial charge in [0.25, 0.3) is 0 Å². The molecule has 0 aliphatic carbocycles. The Morgan fingerprint density at radius 2 is 1.64 bits per heavy atom. The van der Waals surface area contributed by atoms with Crippen molar-refractivity contribution in [2.45, 2.75) is 13.3 Å². The Balaban J connectivity index is 3.52. The van der Waals surface area contributed by atoms with Gasteiger partial charge in [-0.05, 0) is 21.0 Å². The van der Waals surface area contributed by atoms with E-state index >= 15 is 0 Å². The quantitative estimate of drug-likeness (QED) is 0.286. The largest absolute Gasteiger partial charge is 0.460 e. The van der Waals surface area contributed by atoms with Gasteiger partial charge in [0.2, 0.25) is 5.91 Å². The number of carbonyl (C=O) groups is 3. The van der Waals surface area contributed by atoms with Crippen molar-refractivity contribution >= 4 is 17.9 Å². The molecule has 3 amide bonds. The summed E-state index contributed by atoms with van der Waals surface area (Å²) in [6, 6.07) is -0.381. The van der Waals surface area contributed by atoms with Gasteiger partial charge >= 0.3 is 12.0 Å². The van der Waals surface area contributed by atoms with E-state index in [1.807, 2.05) is 19.0 Å². The summed E-state index contributed by atoms with van der Waals surface area (Å²) in [6.45, 7) is 6.66. The lowest BCUT2D eigenvalue weighted by atomic mass is 10.4. The molecule has 0 spiro atoms. The molecule has 0 saturated heterocycles. The molecule has 0 aromatic heterocycles. The van der Waals surface area contributed by atoms with Crippen LogP contribution in [0.3, 0.4) is 0 Å². The zero-order chi connectivity index (χ0) is 17.0. The number of nitrogens with zero attached hydrogens (tertiary/aromatic N) is 1. The predicted molar refractivity (Wildman–Crippen MR) is 83.4 cm³/mol. The normalized spacial score (nSPS) is 10.0. The maximum Gasteiger partial charge on any atom is 0.333 e. The molecule has 0 saturated carbocycles. The molecule has 8 heteroatoms. The Labute approximate surface area is 131 Å². The average Bonchev–Trinajstić information content (AvgIpc) is 2.45. The number of urea groups is 1. The van der Waals surface area contributed by atoms with E-state index in [2.05, 4.69) is 22.5 Å². The van der Waals surface area contributed by atoms with Crippen LogP contribution in [0, 0.1) is 0 Å². The van der Waals surface area contributed by atoms with Crippen LogP contribution in [0.15, 0.2) is 12.2 Å². The Morgan fingerprint density at radius 3 is 2.23 bits per heavy atom. The van der Waals surface area contributed by atoms with Gasteiger partial charge in [-0.15, -0.1) is 0 Å². The van der Waals surface area contributed by atoms with Crippen LogP contribution in [0.1, 0.15) is 13.3 Å². The summed E-state index contributed by atoms with van der Waals surface area (Å²) in [4.78, 5) is 35.8. The molecule has 0 unspecified atom stereocenters. The molecule has 0 rings (SSSR count). The zero-order valence-corrected chi connectivity index (χ0v) is 13.5. The first-order chi connectivity index (χ1) is 10.3. The SMILES string of the molecule is C=C(C)C(=O)OCCNC(=O)NCCNC(=O)CCN(C)C. The Hall–Kier alpha value is -2.09. The van der Waals surface area contributed by atoms with Crippen LogP contribution >= 0.6 is 0 Å². The summed E-state index contributed by atoms with van der Waals surface area (Å²) in [6.07, 6.45) is 0.424. The molecule has 0 bridgehead atoms. The second-order valence-corrected chi connectivity index (χ2v) is 5.00. The minimum absolute atomic E-state index is 0.0531. The first kappa shape index (κ1) is 19.9. The van der Waals surface area contributed by atoms with Gasteiger partial charge in [0.15, 0.2) is 0 Å². The second-order valence-electron chi connectivity index (χ2n) is 5.00. The Bertz CT molecular complexity index is 396. The first-order valence-electron chi connectivity index (χ1n) is 7.08. The summed E-state index contributed by atoms with van der Waals surface area (Å²) in [5.41, 5.74) is 0.314. The molecule has 0 heterocycles. The van der Waals surface area contributed by atoms with Crippen molar-refractivity contribution < 1.29 is 19.1 Å². The van der Waals surface area contributed by atoms with E-state index < -0.39 is 5.97 Å². The molecule has 22 heavy (non-hydrogen) atoms. The van der Waals surface area contributed by atoms with Crippen molar-refractivity contribution in [3.8, 4) is 0 Å². The highest BCUT2D eigenvalue weighted by Crippen LogP contribution is 1.90. The van der Waals surface area contributed by atoms with Crippen LogP contribution in [0.4, 0.5) is 4.79 Å². The minimum atomic E-state index is -0.484. The highest BCUT2D eigenvalue weighted by Gasteiger charge is 2.04. The highest BCUT2D eigenvalue weighted by molar-refractivity contribution is 5.86. The lowest BCUT2D eigenvalue weighted by Crippen LogP contribution is -2.41. The van der Waals surface area contributed by atoms with Gasteiger partial charge in [-0.1, -0.05) is 6.58 Å². The van der Waals surface area contributed by atoms with Gasteiger partial charge in [0, 0.05) is 31.6 Å². The number of rotatable bonds is 10. The van der Waals surface area contributed by atoms with Crippen molar-refractivity contribution in [3.05, 3.63) is 12.2 Å². The van der Waals surface area contributed by atoms with Crippen LogP contribution < -0.4 is 16.0 Å². The molecule has 3 N–H and O–H groups in total. The molecule has 8 nitrogen and oxygen atoms in total. The van der Waals surface area contributed by atoms with Crippen LogP contribution in [-0.2, 0) is 14.3 Å². The maximum absolute atomic E-state index is 11.4. The molecule has 0 aliphatic heterocycles. The van der Waals surface area contributed by atoms with E-state index in [1.54, 1.807) is 6.92 Å². The third kappa shape index (κ3) is 11.7. The van der Waals surface area contributed by atoms with E-state index in [9.17, 15) is 14.4 Å². The van der Waals surface area contributed by atoms with E-state index in [-0.39, 0.29) is 25.1 Å². The molecule has 0 fully saturated rings. The van der Waals surface area contributed by atoms with E-state index in [0.717, 1.165) is 0 Å². The van der Waals surface area contributed by atoms with Crippen LogP contribution in [-0.4, -0.2) is 69.7 Å². The summed E-state index contributed by atoms with van der Waals surface area (Å²) in [5, 5.41) is 7.81.